The summed E-state index contributed by atoms with van der Waals surface area (Å²) >= 11 is 3.31. The molecule has 0 aliphatic heterocycles. The van der Waals surface area contributed by atoms with Gasteiger partial charge in [-0.3, -0.25) is 4.79 Å². The van der Waals surface area contributed by atoms with Gasteiger partial charge >= 0.3 is 5.97 Å². The Hall–Kier alpha value is -1.83. The maximum absolute atomic E-state index is 12.2. The number of hydrogen-bond donors (Lipinski definition) is 2. The number of hydrogen-bond acceptors (Lipinski definition) is 5. The normalized spacial score (nSPS) is 10.4. The first-order chi connectivity index (χ1) is 11.2. The van der Waals surface area contributed by atoms with E-state index in [4.69, 9.17) is 9.84 Å². The number of carboxylic acids is 1. The number of thioether (sulfide) groups is 1. The second kappa shape index (κ2) is 9.34. The van der Waals surface area contributed by atoms with Gasteiger partial charge in [0.1, 0.15) is 6.61 Å². The number of carbonyl (C=O) groups excluding carboxylic acids is 1. The molecule has 0 aliphatic carbocycles. The number of rotatable bonds is 9. The lowest BCUT2D eigenvalue weighted by molar-refractivity contribution is -0.142. The molecule has 1 aromatic heterocycles. The number of carbonyl (C=O) groups is 2. The van der Waals surface area contributed by atoms with Crippen LogP contribution >= 0.6 is 23.1 Å². The second-order valence-corrected chi connectivity index (χ2v) is 6.62. The van der Waals surface area contributed by atoms with Gasteiger partial charge < -0.3 is 15.2 Å². The highest BCUT2D eigenvalue weighted by molar-refractivity contribution is 7.98. The van der Waals surface area contributed by atoms with E-state index in [2.05, 4.69) is 11.4 Å². The van der Waals surface area contributed by atoms with Gasteiger partial charge in [-0.05, 0) is 23.6 Å². The predicted octanol–water partition coefficient (Wildman–Crippen LogP) is 2.87. The first-order valence-electron chi connectivity index (χ1n) is 6.99. The Morgan fingerprint density at radius 2 is 2.04 bits per heavy atom. The molecule has 0 bridgehead atoms. The highest BCUT2D eigenvalue weighted by Gasteiger charge is 2.11. The van der Waals surface area contributed by atoms with Crippen LogP contribution in [-0.4, -0.2) is 36.7 Å². The topological polar surface area (TPSA) is 75.6 Å². The molecule has 0 fully saturated rings. The second-order valence-electron chi connectivity index (χ2n) is 4.57. The van der Waals surface area contributed by atoms with Crippen molar-refractivity contribution in [3.8, 4) is 0 Å². The van der Waals surface area contributed by atoms with Crippen LogP contribution < -0.4 is 5.32 Å². The highest BCUT2D eigenvalue weighted by atomic mass is 32.2. The van der Waals surface area contributed by atoms with Crippen LogP contribution in [0, 0.1) is 0 Å². The summed E-state index contributed by atoms with van der Waals surface area (Å²) in [6.07, 6.45) is 0. The molecule has 2 rings (SSSR count). The molecule has 0 aliphatic rings. The smallest absolute Gasteiger partial charge is 0.329 e. The molecule has 5 nitrogen and oxygen atoms in total. The zero-order chi connectivity index (χ0) is 16.5. The Kier molecular flexibility index (Phi) is 7.12. The van der Waals surface area contributed by atoms with Crippen molar-refractivity contribution < 1.29 is 19.4 Å². The van der Waals surface area contributed by atoms with Crippen LogP contribution in [-0.2, 0) is 15.3 Å². The monoisotopic (exact) mass is 351 g/mol. The number of ether oxygens (including phenoxy) is 1. The van der Waals surface area contributed by atoms with Gasteiger partial charge in [-0.15, -0.1) is 23.1 Å². The van der Waals surface area contributed by atoms with Crippen LogP contribution in [0.4, 0.5) is 0 Å². The van der Waals surface area contributed by atoms with Gasteiger partial charge in [0.15, 0.2) is 0 Å². The molecule has 2 aromatic rings. The Balaban J connectivity index is 1.85. The summed E-state index contributed by atoms with van der Waals surface area (Å²) < 4.78 is 4.89. The summed E-state index contributed by atoms with van der Waals surface area (Å²) in [7, 11) is 0. The van der Waals surface area contributed by atoms with E-state index in [1.807, 2.05) is 29.6 Å². The van der Waals surface area contributed by atoms with E-state index in [0.717, 1.165) is 10.6 Å². The molecule has 0 saturated carbocycles. The van der Waals surface area contributed by atoms with E-state index in [1.54, 1.807) is 29.2 Å². The third-order valence-electron chi connectivity index (χ3n) is 2.84. The fourth-order valence-electron chi connectivity index (χ4n) is 1.82. The van der Waals surface area contributed by atoms with E-state index in [-0.39, 0.29) is 25.7 Å². The Morgan fingerprint density at radius 1 is 1.22 bits per heavy atom. The molecular formula is C16H17NO4S2. The van der Waals surface area contributed by atoms with Crippen molar-refractivity contribution in [2.75, 3.05) is 19.8 Å². The summed E-state index contributed by atoms with van der Waals surface area (Å²) in [5.74, 6) is -0.381. The van der Waals surface area contributed by atoms with Crippen LogP contribution in [0.25, 0.3) is 0 Å². The van der Waals surface area contributed by atoms with Crippen molar-refractivity contribution in [1.29, 1.82) is 0 Å². The van der Waals surface area contributed by atoms with Crippen LogP contribution in [0.15, 0.2) is 46.7 Å². The van der Waals surface area contributed by atoms with Gasteiger partial charge in [0.2, 0.25) is 0 Å². The predicted molar refractivity (Wildman–Crippen MR) is 91.1 cm³/mol. The van der Waals surface area contributed by atoms with Crippen molar-refractivity contribution in [3.05, 3.63) is 52.2 Å². The van der Waals surface area contributed by atoms with Crippen molar-refractivity contribution in [1.82, 2.24) is 5.32 Å². The summed E-state index contributed by atoms with van der Waals surface area (Å²) in [6, 6.07) is 11.5. The van der Waals surface area contributed by atoms with E-state index in [1.165, 1.54) is 4.88 Å². The van der Waals surface area contributed by atoms with E-state index < -0.39 is 5.97 Å². The molecule has 23 heavy (non-hydrogen) atoms. The number of thiophene rings is 1. The van der Waals surface area contributed by atoms with Gasteiger partial charge in [0, 0.05) is 22.1 Å². The van der Waals surface area contributed by atoms with Gasteiger partial charge in [-0.25, -0.2) is 4.79 Å². The summed E-state index contributed by atoms with van der Waals surface area (Å²) in [6.45, 7) is 0.0850. The molecular weight excluding hydrogens is 334 g/mol. The quantitative estimate of drug-likeness (QED) is 0.537. The lowest BCUT2D eigenvalue weighted by atomic mass is 10.2. The van der Waals surface area contributed by atoms with Gasteiger partial charge in [0.05, 0.1) is 12.2 Å². The van der Waals surface area contributed by atoms with Gasteiger partial charge in [-0.2, -0.15) is 0 Å². The zero-order valence-electron chi connectivity index (χ0n) is 12.4. The maximum atomic E-state index is 12.2. The lowest BCUT2D eigenvalue weighted by Crippen LogP contribution is -2.28. The SMILES string of the molecule is O=C(O)COCCNC(=O)c1ccccc1SCc1cccs1. The Bertz CT molecular complexity index is 643. The molecule has 0 atom stereocenters. The molecule has 0 unspecified atom stereocenters. The highest BCUT2D eigenvalue weighted by Crippen LogP contribution is 2.27. The first kappa shape index (κ1) is 17.5. The van der Waals surface area contributed by atoms with Crippen LogP contribution in [0.3, 0.4) is 0 Å². The first-order valence-corrected chi connectivity index (χ1v) is 8.85. The Morgan fingerprint density at radius 3 is 2.78 bits per heavy atom. The molecule has 1 heterocycles. The van der Waals surface area contributed by atoms with Gasteiger partial charge in [-0.1, -0.05) is 18.2 Å². The molecule has 122 valence electrons. The fraction of sp³-hybridized carbons (Fsp3) is 0.250. The third kappa shape index (κ3) is 6.05. The van der Waals surface area contributed by atoms with Crippen LogP contribution in [0.2, 0.25) is 0 Å². The average molecular weight is 351 g/mol. The molecule has 0 saturated heterocycles. The molecule has 1 amide bonds. The summed E-state index contributed by atoms with van der Waals surface area (Å²) in [4.78, 5) is 24.7. The number of carboxylic acid groups (broad SMARTS) is 1. The lowest BCUT2D eigenvalue weighted by Gasteiger charge is -2.09. The van der Waals surface area contributed by atoms with Crippen molar-refractivity contribution in [2.45, 2.75) is 10.6 Å². The standard InChI is InChI=1S/C16H17NO4S2/c18-15(19)10-21-8-7-17-16(20)13-5-1-2-6-14(13)23-11-12-4-3-9-22-12/h1-6,9H,7-8,10-11H2,(H,17,20)(H,18,19). The fourth-order valence-corrected chi connectivity index (χ4v) is 3.64. The molecule has 0 spiro atoms. The minimum absolute atomic E-state index is 0.169. The van der Waals surface area contributed by atoms with Crippen molar-refractivity contribution >= 4 is 35.0 Å². The number of benzene rings is 1. The van der Waals surface area contributed by atoms with Gasteiger partial charge in [0.25, 0.3) is 5.91 Å². The molecule has 0 radical (unpaired) electrons. The van der Waals surface area contributed by atoms with Crippen LogP contribution in [0.5, 0.6) is 0 Å². The average Bonchev–Trinajstić information content (AvgIpc) is 3.06. The molecule has 1 aromatic carbocycles. The number of nitrogens with one attached hydrogen (secondary N) is 1. The zero-order valence-corrected chi connectivity index (χ0v) is 14.0. The van der Waals surface area contributed by atoms with E-state index in [0.29, 0.717) is 5.56 Å². The molecule has 2 N–H and O–H groups in total. The number of aliphatic carboxylic acids is 1. The minimum Gasteiger partial charge on any atom is -0.480 e. The minimum atomic E-state index is -1.02. The maximum Gasteiger partial charge on any atom is 0.329 e. The third-order valence-corrected chi connectivity index (χ3v) is 5.02. The summed E-state index contributed by atoms with van der Waals surface area (Å²) in [5.41, 5.74) is 0.618. The van der Waals surface area contributed by atoms with Crippen molar-refractivity contribution in [2.24, 2.45) is 0 Å². The van der Waals surface area contributed by atoms with Crippen molar-refractivity contribution in [3.63, 3.8) is 0 Å². The summed E-state index contributed by atoms with van der Waals surface area (Å²) in [5, 5.41) is 13.2. The molecule has 7 heteroatoms. The van der Waals surface area contributed by atoms with E-state index >= 15 is 0 Å². The largest absolute Gasteiger partial charge is 0.480 e. The number of amides is 1. The Labute approximate surface area is 142 Å². The van der Waals surface area contributed by atoms with Crippen LogP contribution in [0.1, 0.15) is 15.2 Å². The van der Waals surface area contributed by atoms with E-state index in [9.17, 15) is 9.59 Å².